The smallest absolute Gasteiger partial charge is 0.247 e. The number of rotatable bonds is 3. The van der Waals surface area contributed by atoms with Crippen LogP contribution in [0.25, 0.3) is 0 Å². The first-order chi connectivity index (χ1) is 9.50. The Labute approximate surface area is 129 Å². The summed E-state index contributed by atoms with van der Waals surface area (Å²) in [6, 6.07) is 1.30. The molecule has 1 aromatic heterocycles. The van der Waals surface area contributed by atoms with Gasteiger partial charge in [0.2, 0.25) is 10.0 Å². The number of thiophene rings is 1. The summed E-state index contributed by atoms with van der Waals surface area (Å²) in [5.41, 5.74) is 0.536. The molecule has 1 aromatic rings. The van der Waals surface area contributed by atoms with Crippen molar-refractivity contribution in [3.63, 3.8) is 0 Å². The first-order valence-corrected chi connectivity index (χ1v) is 10.6. The lowest BCUT2D eigenvalue weighted by molar-refractivity contribution is 0.192. The molecule has 2 rings (SSSR count). The summed E-state index contributed by atoms with van der Waals surface area (Å²) in [6.07, 6.45) is 0. The van der Waals surface area contributed by atoms with E-state index in [0.29, 0.717) is 18.0 Å². The van der Waals surface area contributed by atoms with Crippen LogP contribution >= 0.6 is 11.3 Å². The molecule has 2 heterocycles. The van der Waals surface area contributed by atoms with Crippen LogP contribution in [0.4, 0.5) is 0 Å². The molecule has 0 amide bonds. The van der Waals surface area contributed by atoms with E-state index >= 15 is 0 Å². The van der Waals surface area contributed by atoms with Gasteiger partial charge in [-0.1, -0.05) is 13.8 Å². The summed E-state index contributed by atoms with van der Waals surface area (Å²) >= 11 is 0.758. The molecule has 1 atom stereocenters. The zero-order valence-corrected chi connectivity index (χ0v) is 14.7. The first-order valence-electron chi connectivity index (χ1n) is 6.63. The minimum Gasteiger partial charge on any atom is -0.295 e. The molecular formula is C12H20N2O4S3. The Kier molecular flexibility index (Phi) is 4.52. The van der Waals surface area contributed by atoms with Crippen molar-refractivity contribution in [1.82, 2.24) is 4.90 Å². The summed E-state index contributed by atoms with van der Waals surface area (Å²) in [5.74, 6) is 0.394. The number of nitrogens with two attached hydrogens (primary N) is 1. The van der Waals surface area contributed by atoms with Gasteiger partial charge >= 0.3 is 0 Å². The number of sulfone groups is 1. The van der Waals surface area contributed by atoms with Crippen molar-refractivity contribution in [2.24, 2.45) is 11.1 Å². The Morgan fingerprint density at radius 1 is 1.48 bits per heavy atom. The summed E-state index contributed by atoms with van der Waals surface area (Å²) in [5, 5.41) is 5.11. The highest BCUT2D eigenvalue weighted by atomic mass is 32.3. The normalized spacial score (nSPS) is 23.0. The van der Waals surface area contributed by atoms with Gasteiger partial charge in [0, 0.05) is 19.1 Å². The van der Waals surface area contributed by atoms with Crippen LogP contribution in [-0.4, -0.2) is 40.1 Å². The summed E-state index contributed by atoms with van der Waals surface area (Å²) < 4.78 is 47.8. The topological polar surface area (TPSA) is 97.5 Å². The summed E-state index contributed by atoms with van der Waals surface area (Å²) in [6.45, 7) is 7.21. The van der Waals surface area contributed by atoms with Crippen LogP contribution in [0.1, 0.15) is 26.3 Å². The lowest BCUT2D eigenvalue weighted by Crippen LogP contribution is -2.37. The van der Waals surface area contributed by atoms with E-state index in [-0.39, 0.29) is 20.2 Å². The minimum atomic E-state index is -3.88. The van der Waals surface area contributed by atoms with Gasteiger partial charge in [-0.25, -0.2) is 22.0 Å². The third-order valence-electron chi connectivity index (χ3n) is 3.37. The predicted molar refractivity (Wildman–Crippen MR) is 82.5 cm³/mol. The molecule has 0 radical (unpaired) electrons. The number of nitrogens with zero attached hydrogens (tertiary/aromatic N) is 1. The number of hydrogen-bond donors (Lipinski definition) is 1. The van der Waals surface area contributed by atoms with E-state index in [1.165, 1.54) is 6.07 Å². The molecular weight excluding hydrogens is 332 g/mol. The largest absolute Gasteiger partial charge is 0.295 e. The molecule has 6 nitrogen and oxygen atoms in total. The number of fused-ring (bicyclic) bond motifs is 1. The lowest BCUT2D eigenvalue weighted by Gasteiger charge is -2.28. The zero-order chi connectivity index (χ0) is 16.0. The molecule has 21 heavy (non-hydrogen) atoms. The molecule has 0 fully saturated rings. The Bertz CT molecular complexity index is 735. The average Bonchev–Trinajstić information content (AvgIpc) is 2.67. The fourth-order valence-electron chi connectivity index (χ4n) is 2.49. The van der Waals surface area contributed by atoms with Gasteiger partial charge in [-0.3, -0.25) is 4.90 Å². The van der Waals surface area contributed by atoms with Gasteiger partial charge in [0.15, 0.2) is 9.84 Å². The Balaban J connectivity index is 2.51. The second kappa shape index (κ2) is 5.62. The van der Waals surface area contributed by atoms with Gasteiger partial charge in [0.25, 0.3) is 0 Å². The zero-order valence-electron chi connectivity index (χ0n) is 12.2. The molecule has 0 saturated carbocycles. The molecule has 0 bridgehead atoms. The highest BCUT2D eigenvalue weighted by Gasteiger charge is 2.33. The van der Waals surface area contributed by atoms with Crippen LogP contribution < -0.4 is 5.14 Å². The highest BCUT2D eigenvalue weighted by molar-refractivity contribution is 7.95. The van der Waals surface area contributed by atoms with E-state index in [1.54, 1.807) is 0 Å². The molecule has 0 aliphatic carbocycles. The SMILES string of the molecule is CC(C)CN1Cc2cc(S(N)(=O)=O)sc2S(=O)(=O)C[C@@H]1C. The molecule has 1 aliphatic rings. The van der Waals surface area contributed by atoms with Crippen LogP contribution in [0.3, 0.4) is 0 Å². The summed E-state index contributed by atoms with van der Waals surface area (Å²) in [4.78, 5) is 2.08. The maximum atomic E-state index is 12.4. The van der Waals surface area contributed by atoms with E-state index in [9.17, 15) is 16.8 Å². The Hall–Kier alpha value is -0.480. The van der Waals surface area contributed by atoms with Crippen molar-refractivity contribution >= 4 is 31.2 Å². The molecule has 0 unspecified atom stereocenters. The molecule has 0 spiro atoms. The number of primary sulfonamides is 1. The highest BCUT2D eigenvalue weighted by Crippen LogP contribution is 2.34. The van der Waals surface area contributed by atoms with Crippen LogP contribution in [0, 0.1) is 5.92 Å². The van der Waals surface area contributed by atoms with E-state index in [1.807, 2.05) is 6.92 Å². The van der Waals surface area contributed by atoms with Crippen molar-refractivity contribution in [2.45, 2.75) is 41.8 Å². The first kappa shape index (κ1) is 16.9. The fourth-order valence-corrected chi connectivity index (χ4v) is 6.81. The molecule has 9 heteroatoms. The van der Waals surface area contributed by atoms with E-state index < -0.39 is 19.9 Å². The third-order valence-corrected chi connectivity index (χ3v) is 8.52. The molecule has 0 saturated heterocycles. The third kappa shape index (κ3) is 3.65. The van der Waals surface area contributed by atoms with Crippen molar-refractivity contribution in [1.29, 1.82) is 0 Å². The average molecular weight is 353 g/mol. The van der Waals surface area contributed by atoms with Gasteiger partial charge in [0.05, 0.1) is 5.75 Å². The maximum absolute atomic E-state index is 12.4. The quantitative estimate of drug-likeness (QED) is 0.876. The fraction of sp³-hybridized carbons (Fsp3) is 0.667. The van der Waals surface area contributed by atoms with E-state index in [0.717, 1.165) is 17.9 Å². The van der Waals surface area contributed by atoms with Gasteiger partial charge in [-0.05, 0) is 24.5 Å². The molecule has 0 aromatic carbocycles. The van der Waals surface area contributed by atoms with Gasteiger partial charge in [0.1, 0.15) is 8.42 Å². The van der Waals surface area contributed by atoms with Crippen LogP contribution in [0.5, 0.6) is 0 Å². The van der Waals surface area contributed by atoms with Gasteiger partial charge in [-0.15, -0.1) is 11.3 Å². The van der Waals surface area contributed by atoms with Gasteiger partial charge in [-0.2, -0.15) is 0 Å². The Morgan fingerprint density at radius 3 is 2.62 bits per heavy atom. The second-order valence-electron chi connectivity index (χ2n) is 5.88. The molecule has 1 aliphatic heterocycles. The maximum Gasteiger partial charge on any atom is 0.247 e. The standard InChI is InChI=1S/C12H20N2O4S3/c1-8(2)5-14-6-10-4-11(21(13,17)18)19-12(10)20(15,16)7-9(14)3/h4,8-9H,5-7H2,1-3H3,(H2,13,17,18)/t9-/m0/s1. The lowest BCUT2D eigenvalue weighted by atomic mass is 10.1. The van der Waals surface area contributed by atoms with Gasteiger partial charge < -0.3 is 0 Å². The predicted octanol–water partition coefficient (Wildman–Crippen LogP) is 1.03. The minimum absolute atomic E-state index is 0.00269. The van der Waals surface area contributed by atoms with E-state index in [2.05, 4.69) is 18.7 Å². The second-order valence-corrected chi connectivity index (χ2v) is 10.9. The van der Waals surface area contributed by atoms with Crippen molar-refractivity contribution in [3.8, 4) is 0 Å². The van der Waals surface area contributed by atoms with E-state index in [4.69, 9.17) is 5.14 Å². The number of sulfonamides is 1. The van der Waals surface area contributed by atoms with Crippen LogP contribution in [0.2, 0.25) is 0 Å². The van der Waals surface area contributed by atoms with Crippen LogP contribution in [0.15, 0.2) is 14.5 Å². The summed E-state index contributed by atoms with van der Waals surface area (Å²) in [7, 11) is -7.36. The van der Waals surface area contributed by atoms with Crippen LogP contribution in [-0.2, 0) is 26.4 Å². The van der Waals surface area contributed by atoms with Crippen molar-refractivity contribution in [2.75, 3.05) is 12.3 Å². The molecule has 2 N–H and O–H groups in total. The van der Waals surface area contributed by atoms with Crippen molar-refractivity contribution in [3.05, 3.63) is 11.6 Å². The Morgan fingerprint density at radius 2 is 2.10 bits per heavy atom. The molecule has 120 valence electrons. The number of hydrogen-bond acceptors (Lipinski definition) is 6. The van der Waals surface area contributed by atoms with Crippen molar-refractivity contribution < 1.29 is 16.8 Å². The monoisotopic (exact) mass is 352 g/mol.